The Kier molecular flexibility index (Phi) is 5.06. The Bertz CT molecular complexity index is 753. The standard InChI is InChI=1S/C19H24FN3O2/c1-12-9-15(20)6-7-18(12)23-8-4-5-16(11-23)21-19(24)10-17-13(2)22-25-14(17)3/h6-7,9,16H,4-5,8,10-11H2,1-3H3,(H,21,24)/t16-/m0/s1. The van der Waals surface area contributed by atoms with Gasteiger partial charge in [0.05, 0.1) is 12.1 Å². The summed E-state index contributed by atoms with van der Waals surface area (Å²) in [6, 6.07) is 4.95. The smallest absolute Gasteiger partial charge is 0.224 e. The molecule has 1 aliphatic rings. The van der Waals surface area contributed by atoms with Crippen LogP contribution in [0, 0.1) is 26.6 Å². The van der Waals surface area contributed by atoms with Gasteiger partial charge < -0.3 is 14.7 Å². The summed E-state index contributed by atoms with van der Waals surface area (Å²) in [5, 5.41) is 7.01. The summed E-state index contributed by atoms with van der Waals surface area (Å²) in [5.74, 6) is 0.458. The Morgan fingerprint density at radius 2 is 2.20 bits per heavy atom. The Hall–Kier alpha value is -2.37. The number of amides is 1. The SMILES string of the molecule is Cc1cc(F)ccc1N1CCC[C@H](NC(=O)Cc2c(C)noc2C)C1. The normalized spacial score (nSPS) is 17.6. The molecule has 2 aromatic rings. The van der Waals surface area contributed by atoms with Crippen molar-refractivity contribution < 1.29 is 13.7 Å². The summed E-state index contributed by atoms with van der Waals surface area (Å²) >= 11 is 0. The lowest BCUT2D eigenvalue weighted by Gasteiger charge is -2.35. The fourth-order valence-corrected chi connectivity index (χ4v) is 3.48. The second-order valence-corrected chi connectivity index (χ2v) is 6.76. The zero-order valence-corrected chi connectivity index (χ0v) is 14.9. The highest BCUT2D eigenvalue weighted by Crippen LogP contribution is 2.24. The molecule has 1 amide bonds. The summed E-state index contributed by atoms with van der Waals surface area (Å²) < 4.78 is 18.4. The molecule has 0 radical (unpaired) electrons. The molecule has 1 saturated heterocycles. The molecule has 1 fully saturated rings. The Morgan fingerprint density at radius 1 is 1.40 bits per heavy atom. The topological polar surface area (TPSA) is 58.4 Å². The van der Waals surface area contributed by atoms with E-state index < -0.39 is 0 Å². The number of hydrogen-bond acceptors (Lipinski definition) is 4. The number of rotatable bonds is 4. The molecule has 1 aromatic heterocycles. The average Bonchev–Trinajstić information content (AvgIpc) is 2.87. The zero-order chi connectivity index (χ0) is 18.0. The molecule has 1 atom stereocenters. The van der Waals surface area contributed by atoms with E-state index in [9.17, 15) is 9.18 Å². The lowest BCUT2D eigenvalue weighted by Crippen LogP contribution is -2.48. The number of halogens is 1. The van der Waals surface area contributed by atoms with Gasteiger partial charge in [0.2, 0.25) is 5.91 Å². The molecule has 25 heavy (non-hydrogen) atoms. The average molecular weight is 345 g/mol. The van der Waals surface area contributed by atoms with Crippen molar-refractivity contribution in [3.05, 3.63) is 46.6 Å². The van der Waals surface area contributed by atoms with Crippen molar-refractivity contribution in [1.82, 2.24) is 10.5 Å². The van der Waals surface area contributed by atoms with E-state index in [1.807, 2.05) is 26.8 Å². The molecule has 0 aliphatic carbocycles. The molecule has 5 nitrogen and oxygen atoms in total. The molecule has 1 aromatic carbocycles. The van der Waals surface area contributed by atoms with E-state index in [0.29, 0.717) is 5.76 Å². The van der Waals surface area contributed by atoms with Gasteiger partial charge in [-0.15, -0.1) is 0 Å². The first-order valence-electron chi connectivity index (χ1n) is 8.66. The molecule has 1 aliphatic heterocycles. The molecular formula is C19H24FN3O2. The number of benzene rings is 1. The summed E-state index contributed by atoms with van der Waals surface area (Å²) in [6.45, 7) is 7.24. The number of aromatic nitrogens is 1. The number of carbonyl (C=O) groups is 1. The lowest BCUT2D eigenvalue weighted by atomic mass is 10.0. The van der Waals surface area contributed by atoms with Crippen molar-refractivity contribution in [2.24, 2.45) is 0 Å². The van der Waals surface area contributed by atoms with Crippen LogP contribution in [0.25, 0.3) is 0 Å². The van der Waals surface area contributed by atoms with Crippen LogP contribution in [0.2, 0.25) is 0 Å². The molecule has 3 rings (SSSR count). The van der Waals surface area contributed by atoms with Gasteiger partial charge >= 0.3 is 0 Å². The van der Waals surface area contributed by atoms with Crippen molar-refractivity contribution in [3.8, 4) is 0 Å². The lowest BCUT2D eigenvalue weighted by molar-refractivity contribution is -0.121. The maximum atomic E-state index is 13.3. The number of aryl methyl sites for hydroxylation is 3. The second-order valence-electron chi connectivity index (χ2n) is 6.76. The van der Waals surface area contributed by atoms with Crippen LogP contribution in [0.15, 0.2) is 22.7 Å². The molecule has 0 bridgehead atoms. The van der Waals surface area contributed by atoms with Gasteiger partial charge in [-0.3, -0.25) is 4.79 Å². The first kappa shape index (κ1) is 17.5. The first-order valence-corrected chi connectivity index (χ1v) is 8.66. The Morgan fingerprint density at radius 3 is 2.88 bits per heavy atom. The van der Waals surface area contributed by atoms with Crippen LogP contribution >= 0.6 is 0 Å². The zero-order valence-electron chi connectivity index (χ0n) is 14.9. The van der Waals surface area contributed by atoms with Crippen LogP contribution < -0.4 is 10.2 Å². The highest BCUT2D eigenvalue weighted by atomic mass is 19.1. The summed E-state index contributed by atoms with van der Waals surface area (Å²) in [4.78, 5) is 14.6. The van der Waals surface area contributed by atoms with Crippen molar-refractivity contribution >= 4 is 11.6 Å². The Labute approximate surface area is 147 Å². The Balaban J connectivity index is 1.62. The minimum atomic E-state index is -0.220. The van der Waals surface area contributed by atoms with E-state index in [2.05, 4.69) is 15.4 Å². The van der Waals surface area contributed by atoms with Crippen LogP contribution in [-0.4, -0.2) is 30.2 Å². The fourth-order valence-electron chi connectivity index (χ4n) is 3.48. The maximum absolute atomic E-state index is 13.3. The predicted octanol–water partition coefficient (Wildman–Crippen LogP) is 3.07. The highest BCUT2D eigenvalue weighted by Gasteiger charge is 2.23. The van der Waals surface area contributed by atoms with Crippen molar-refractivity contribution in [1.29, 1.82) is 0 Å². The molecule has 6 heteroatoms. The van der Waals surface area contributed by atoms with Crippen LogP contribution in [0.1, 0.15) is 35.4 Å². The quantitative estimate of drug-likeness (QED) is 0.925. The van der Waals surface area contributed by atoms with Crippen molar-refractivity contribution in [2.75, 3.05) is 18.0 Å². The van der Waals surface area contributed by atoms with E-state index in [4.69, 9.17) is 4.52 Å². The molecule has 134 valence electrons. The van der Waals surface area contributed by atoms with Crippen molar-refractivity contribution in [3.63, 3.8) is 0 Å². The van der Waals surface area contributed by atoms with Gasteiger partial charge in [0.15, 0.2) is 0 Å². The number of anilines is 1. The van der Waals surface area contributed by atoms with Gasteiger partial charge in [0.1, 0.15) is 11.6 Å². The van der Waals surface area contributed by atoms with Crippen LogP contribution in [0.5, 0.6) is 0 Å². The van der Waals surface area contributed by atoms with Gasteiger partial charge in [0, 0.05) is 30.4 Å². The third-order valence-electron chi connectivity index (χ3n) is 4.80. The van der Waals surface area contributed by atoms with Crippen LogP contribution in [0.3, 0.4) is 0 Å². The van der Waals surface area contributed by atoms with Gasteiger partial charge in [0.25, 0.3) is 0 Å². The summed E-state index contributed by atoms with van der Waals surface area (Å²) in [7, 11) is 0. The highest BCUT2D eigenvalue weighted by molar-refractivity contribution is 5.79. The van der Waals surface area contributed by atoms with E-state index in [0.717, 1.165) is 48.4 Å². The number of nitrogens with zero attached hydrogens (tertiary/aromatic N) is 2. The molecule has 0 spiro atoms. The van der Waals surface area contributed by atoms with E-state index >= 15 is 0 Å². The van der Waals surface area contributed by atoms with Crippen LogP contribution in [0.4, 0.5) is 10.1 Å². The molecule has 1 N–H and O–H groups in total. The van der Waals surface area contributed by atoms with E-state index in [1.165, 1.54) is 6.07 Å². The van der Waals surface area contributed by atoms with E-state index in [1.54, 1.807) is 6.07 Å². The minimum Gasteiger partial charge on any atom is -0.369 e. The largest absolute Gasteiger partial charge is 0.369 e. The first-order chi connectivity index (χ1) is 11.9. The summed E-state index contributed by atoms with van der Waals surface area (Å²) in [6.07, 6.45) is 2.23. The molecule has 2 heterocycles. The second kappa shape index (κ2) is 7.25. The molecule has 0 saturated carbocycles. The monoisotopic (exact) mass is 345 g/mol. The van der Waals surface area contributed by atoms with Gasteiger partial charge in [-0.05, 0) is 57.4 Å². The van der Waals surface area contributed by atoms with Gasteiger partial charge in [-0.2, -0.15) is 0 Å². The summed E-state index contributed by atoms with van der Waals surface area (Å²) in [5.41, 5.74) is 3.58. The van der Waals surface area contributed by atoms with Crippen molar-refractivity contribution in [2.45, 2.75) is 46.1 Å². The third-order valence-corrected chi connectivity index (χ3v) is 4.80. The predicted molar refractivity (Wildman–Crippen MR) is 94.2 cm³/mol. The van der Waals surface area contributed by atoms with Gasteiger partial charge in [-0.25, -0.2) is 4.39 Å². The number of nitrogens with one attached hydrogen (secondary N) is 1. The number of carbonyl (C=O) groups excluding carboxylic acids is 1. The molecular weight excluding hydrogens is 321 g/mol. The fraction of sp³-hybridized carbons (Fsp3) is 0.474. The number of piperidine rings is 1. The van der Waals surface area contributed by atoms with E-state index in [-0.39, 0.29) is 24.2 Å². The maximum Gasteiger partial charge on any atom is 0.224 e. The third kappa shape index (κ3) is 4.00. The number of hydrogen-bond donors (Lipinski definition) is 1. The molecule has 0 unspecified atom stereocenters. The van der Waals surface area contributed by atoms with Crippen LogP contribution in [-0.2, 0) is 11.2 Å². The minimum absolute atomic E-state index is 0.0166. The van der Waals surface area contributed by atoms with Gasteiger partial charge in [-0.1, -0.05) is 5.16 Å².